The molecule has 1 aliphatic rings. The highest BCUT2D eigenvalue weighted by molar-refractivity contribution is 5.88. The number of methoxy groups -OCH3 is 1. The molecule has 0 radical (unpaired) electrons. The third-order valence-corrected chi connectivity index (χ3v) is 2.26. The van der Waals surface area contributed by atoms with Crippen molar-refractivity contribution < 1.29 is 14.3 Å². The topological polar surface area (TPSA) is 55.4 Å². The third-order valence-electron chi connectivity index (χ3n) is 2.26. The van der Waals surface area contributed by atoms with Crippen LogP contribution in [0.5, 0.6) is 0 Å². The smallest absolute Gasteiger partial charge is 0.311 e. The number of rotatable bonds is 2. The molecule has 0 aromatic rings. The summed E-state index contributed by atoms with van der Waals surface area (Å²) in [5.41, 5.74) is 0. The van der Waals surface area contributed by atoms with E-state index in [-0.39, 0.29) is 23.7 Å². The molecule has 1 aliphatic heterocycles. The maximum Gasteiger partial charge on any atom is 0.311 e. The first-order chi connectivity index (χ1) is 5.70. The van der Waals surface area contributed by atoms with E-state index in [0.29, 0.717) is 13.0 Å². The Labute approximate surface area is 71.3 Å². The number of amides is 1. The van der Waals surface area contributed by atoms with E-state index >= 15 is 0 Å². The van der Waals surface area contributed by atoms with Gasteiger partial charge in [-0.15, -0.1) is 0 Å². The van der Waals surface area contributed by atoms with Crippen LogP contribution in [-0.2, 0) is 14.3 Å². The third kappa shape index (κ3) is 1.42. The molecule has 1 fully saturated rings. The summed E-state index contributed by atoms with van der Waals surface area (Å²) in [6, 6.07) is 0. The van der Waals surface area contributed by atoms with Crippen LogP contribution >= 0.6 is 0 Å². The Kier molecular flexibility index (Phi) is 2.68. The molecular formula is C8H13NO3. The zero-order valence-electron chi connectivity index (χ0n) is 7.29. The summed E-state index contributed by atoms with van der Waals surface area (Å²) in [6.07, 6.45) is 0.686. The molecule has 12 heavy (non-hydrogen) atoms. The standard InChI is InChI=1S/C8H13NO3/c1-3-5-6(8(11)12-2)4-9-7(5)10/h5-6H,3-4H2,1-2H3,(H,9,10)/t5-,6+/m0/s1. The fraction of sp³-hybridized carbons (Fsp3) is 0.750. The molecule has 1 heterocycles. The molecule has 0 unspecified atom stereocenters. The largest absolute Gasteiger partial charge is 0.469 e. The Morgan fingerprint density at radius 2 is 2.42 bits per heavy atom. The molecule has 1 rings (SSSR count). The number of hydrogen-bond acceptors (Lipinski definition) is 3. The Morgan fingerprint density at radius 1 is 1.75 bits per heavy atom. The van der Waals surface area contributed by atoms with Crippen molar-refractivity contribution in [2.24, 2.45) is 11.8 Å². The lowest BCUT2D eigenvalue weighted by Crippen LogP contribution is -2.24. The van der Waals surface area contributed by atoms with Gasteiger partial charge in [-0.2, -0.15) is 0 Å². The lowest BCUT2D eigenvalue weighted by Gasteiger charge is -2.11. The van der Waals surface area contributed by atoms with E-state index in [0.717, 1.165) is 0 Å². The van der Waals surface area contributed by atoms with Crippen LogP contribution in [-0.4, -0.2) is 25.5 Å². The Morgan fingerprint density at radius 3 is 2.92 bits per heavy atom. The first kappa shape index (κ1) is 9.03. The van der Waals surface area contributed by atoms with E-state index in [2.05, 4.69) is 10.1 Å². The molecule has 4 heteroatoms. The first-order valence-corrected chi connectivity index (χ1v) is 4.06. The van der Waals surface area contributed by atoms with Crippen molar-refractivity contribution in [3.63, 3.8) is 0 Å². The van der Waals surface area contributed by atoms with Crippen LogP contribution in [0.25, 0.3) is 0 Å². The molecule has 4 nitrogen and oxygen atoms in total. The van der Waals surface area contributed by atoms with Gasteiger partial charge in [-0.25, -0.2) is 0 Å². The average Bonchev–Trinajstić information content (AvgIpc) is 2.45. The van der Waals surface area contributed by atoms with Gasteiger partial charge in [-0.3, -0.25) is 9.59 Å². The second-order valence-electron chi connectivity index (χ2n) is 2.89. The van der Waals surface area contributed by atoms with Gasteiger partial charge in [-0.1, -0.05) is 6.92 Å². The van der Waals surface area contributed by atoms with Crippen LogP contribution < -0.4 is 5.32 Å². The Bertz CT molecular complexity index is 202. The minimum atomic E-state index is -0.291. The van der Waals surface area contributed by atoms with E-state index in [1.807, 2.05) is 6.92 Å². The van der Waals surface area contributed by atoms with E-state index in [4.69, 9.17) is 0 Å². The van der Waals surface area contributed by atoms with Crippen LogP contribution in [0, 0.1) is 11.8 Å². The van der Waals surface area contributed by atoms with Crippen LogP contribution in [0.3, 0.4) is 0 Å². The van der Waals surface area contributed by atoms with Crippen molar-refractivity contribution in [3.8, 4) is 0 Å². The highest BCUT2D eigenvalue weighted by Crippen LogP contribution is 2.21. The van der Waals surface area contributed by atoms with Gasteiger partial charge in [-0.05, 0) is 6.42 Å². The molecule has 0 aromatic heterocycles. The van der Waals surface area contributed by atoms with Crippen molar-refractivity contribution in [1.29, 1.82) is 0 Å². The number of hydrogen-bond donors (Lipinski definition) is 1. The van der Waals surface area contributed by atoms with Gasteiger partial charge >= 0.3 is 5.97 Å². The summed E-state index contributed by atoms with van der Waals surface area (Å²) in [4.78, 5) is 22.2. The molecule has 0 aromatic carbocycles. The van der Waals surface area contributed by atoms with Crippen molar-refractivity contribution >= 4 is 11.9 Å². The van der Waals surface area contributed by atoms with Gasteiger partial charge in [0, 0.05) is 6.54 Å². The number of carbonyl (C=O) groups excluding carboxylic acids is 2. The predicted octanol–water partition coefficient (Wildman–Crippen LogP) is -0.0684. The first-order valence-electron chi connectivity index (χ1n) is 4.06. The number of nitrogens with one attached hydrogen (secondary N) is 1. The van der Waals surface area contributed by atoms with Crippen LogP contribution in [0.4, 0.5) is 0 Å². The van der Waals surface area contributed by atoms with Crippen molar-refractivity contribution in [2.45, 2.75) is 13.3 Å². The fourth-order valence-electron chi connectivity index (χ4n) is 1.54. The molecule has 2 atom stereocenters. The SMILES string of the molecule is CC[C@@H]1C(=O)NC[C@H]1C(=O)OC. The van der Waals surface area contributed by atoms with Gasteiger partial charge in [0.15, 0.2) is 0 Å². The van der Waals surface area contributed by atoms with Gasteiger partial charge < -0.3 is 10.1 Å². The summed E-state index contributed by atoms with van der Waals surface area (Å²) in [5, 5.41) is 2.65. The van der Waals surface area contributed by atoms with E-state index in [1.165, 1.54) is 7.11 Å². The zero-order chi connectivity index (χ0) is 9.14. The zero-order valence-corrected chi connectivity index (χ0v) is 7.29. The summed E-state index contributed by atoms with van der Waals surface area (Å²) in [6.45, 7) is 2.32. The van der Waals surface area contributed by atoms with Crippen molar-refractivity contribution in [3.05, 3.63) is 0 Å². The van der Waals surface area contributed by atoms with Crippen LogP contribution in [0.15, 0.2) is 0 Å². The summed E-state index contributed by atoms with van der Waals surface area (Å²) in [7, 11) is 1.35. The lowest BCUT2D eigenvalue weighted by atomic mass is 9.93. The number of esters is 1. The van der Waals surface area contributed by atoms with E-state index < -0.39 is 0 Å². The molecule has 1 saturated heterocycles. The van der Waals surface area contributed by atoms with Gasteiger partial charge in [0.05, 0.1) is 18.9 Å². The van der Waals surface area contributed by atoms with Crippen molar-refractivity contribution in [1.82, 2.24) is 5.32 Å². The minimum Gasteiger partial charge on any atom is -0.469 e. The second kappa shape index (κ2) is 3.56. The van der Waals surface area contributed by atoms with Crippen molar-refractivity contribution in [2.75, 3.05) is 13.7 Å². The van der Waals surface area contributed by atoms with Gasteiger partial charge in [0.25, 0.3) is 0 Å². The van der Waals surface area contributed by atoms with Crippen LogP contribution in [0.2, 0.25) is 0 Å². The molecule has 0 bridgehead atoms. The Balaban J connectivity index is 2.66. The molecule has 68 valence electrons. The maximum absolute atomic E-state index is 11.1. The second-order valence-corrected chi connectivity index (χ2v) is 2.89. The molecule has 0 aliphatic carbocycles. The highest BCUT2D eigenvalue weighted by atomic mass is 16.5. The average molecular weight is 171 g/mol. The number of carbonyl (C=O) groups is 2. The maximum atomic E-state index is 11.1. The molecule has 1 N–H and O–H groups in total. The Hall–Kier alpha value is -1.06. The minimum absolute atomic E-state index is 0.0344. The van der Waals surface area contributed by atoms with Gasteiger partial charge in [0.2, 0.25) is 5.91 Å². The van der Waals surface area contributed by atoms with Gasteiger partial charge in [0.1, 0.15) is 0 Å². The predicted molar refractivity (Wildman–Crippen MR) is 42.3 cm³/mol. The molecule has 1 amide bonds. The lowest BCUT2D eigenvalue weighted by molar-refractivity contribution is -0.147. The monoisotopic (exact) mass is 171 g/mol. The summed E-state index contributed by atoms with van der Waals surface area (Å²) < 4.78 is 4.58. The quantitative estimate of drug-likeness (QED) is 0.592. The molecular weight excluding hydrogens is 158 g/mol. The highest BCUT2D eigenvalue weighted by Gasteiger charge is 2.38. The van der Waals surface area contributed by atoms with E-state index in [9.17, 15) is 9.59 Å². The fourth-order valence-corrected chi connectivity index (χ4v) is 1.54. The molecule has 0 saturated carbocycles. The van der Waals surface area contributed by atoms with E-state index in [1.54, 1.807) is 0 Å². The summed E-state index contributed by atoms with van der Waals surface area (Å²) >= 11 is 0. The summed E-state index contributed by atoms with van der Waals surface area (Å²) in [5.74, 6) is -0.807. The number of ether oxygens (including phenoxy) is 1. The normalized spacial score (nSPS) is 28.3. The molecule has 0 spiro atoms. The van der Waals surface area contributed by atoms with Crippen LogP contribution in [0.1, 0.15) is 13.3 Å².